The Hall–Kier alpha value is -1.85. The van der Waals surface area contributed by atoms with Gasteiger partial charge in [-0.2, -0.15) is 0 Å². The molecule has 0 fully saturated rings. The van der Waals surface area contributed by atoms with E-state index in [1.807, 2.05) is 0 Å². The Labute approximate surface area is 92.8 Å². The first kappa shape index (κ1) is 12.2. The first-order chi connectivity index (χ1) is 7.49. The minimum absolute atomic E-state index is 0.00265. The number of rotatable bonds is 5. The first-order valence-electron chi connectivity index (χ1n) is 4.87. The van der Waals surface area contributed by atoms with Crippen LogP contribution in [0.4, 0.5) is 0 Å². The number of aliphatic carboxylic acids is 1. The molecule has 1 aromatic rings. The van der Waals surface area contributed by atoms with Gasteiger partial charge in [-0.15, -0.1) is 0 Å². The third-order valence-corrected chi connectivity index (χ3v) is 2.05. The van der Waals surface area contributed by atoms with Gasteiger partial charge >= 0.3 is 5.97 Å². The van der Waals surface area contributed by atoms with E-state index in [0.29, 0.717) is 18.0 Å². The Balaban J connectivity index is 2.42. The number of carbonyl (C=O) groups excluding carboxylic acids is 1. The van der Waals surface area contributed by atoms with Crippen molar-refractivity contribution in [3.05, 3.63) is 17.5 Å². The van der Waals surface area contributed by atoms with Gasteiger partial charge in [0.25, 0.3) is 0 Å². The SMILES string of the molecule is Cc1cc(CN(C)C(=O)CCC(=O)O)no1. The summed E-state index contributed by atoms with van der Waals surface area (Å²) in [5.41, 5.74) is 0.656. The van der Waals surface area contributed by atoms with Gasteiger partial charge in [-0.3, -0.25) is 9.59 Å². The van der Waals surface area contributed by atoms with Gasteiger partial charge in [-0.25, -0.2) is 0 Å². The normalized spacial score (nSPS) is 10.1. The highest BCUT2D eigenvalue weighted by Crippen LogP contribution is 2.06. The number of carbonyl (C=O) groups is 2. The van der Waals surface area contributed by atoms with E-state index < -0.39 is 5.97 Å². The zero-order valence-corrected chi connectivity index (χ0v) is 9.27. The van der Waals surface area contributed by atoms with E-state index in [-0.39, 0.29) is 18.7 Å². The summed E-state index contributed by atoms with van der Waals surface area (Å²) in [6.07, 6.45) is -0.149. The van der Waals surface area contributed by atoms with Crippen LogP contribution in [0.25, 0.3) is 0 Å². The van der Waals surface area contributed by atoms with Gasteiger partial charge in [-0.05, 0) is 6.92 Å². The molecule has 1 amide bonds. The standard InChI is InChI=1S/C10H14N2O4/c1-7-5-8(11-16-7)6-12(2)9(13)3-4-10(14)15/h5H,3-4,6H2,1-2H3,(H,14,15). The van der Waals surface area contributed by atoms with Crippen molar-refractivity contribution in [1.82, 2.24) is 10.1 Å². The van der Waals surface area contributed by atoms with Gasteiger partial charge in [0.2, 0.25) is 5.91 Å². The number of hydrogen-bond donors (Lipinski definition) is 1. The van der Waals surface area contributed by atoms with Crippen molar-refractivity contribution in [2.75, 3.05) is 7.05 Å². The smallest absolute Gasteiger partial charge is 0.303 e. The van der Waals surface area contributed by atoms with E-state index in [2.05, 4.69) is 5.16 Å². The second-order valence-corrected chi connectivity index (χ2v) is 3.57. The summed E-state index contributed by atoms with van der Waals surface area (Å²) in [6.45, 7) is 2.10. The predicted molar refractivity (Wildman–Crippen MR) is 54.6 cm³/mol. The summed E-state index contributed by atoms with van der Waals surface area (Å²) in [5.74, 6) is -0.511. The zero-order chi connectivity index (χ0) is 12.1. The van der Waals surface area contributed by atoms with Crippen LogP contribution in [0.5, 0.6) is 0 Å². The average Bonchev–Trinajstić information content (AvgIpc) is 2.60. The van der Waals surface area contributed by atoms with Crippen LogP contribution in [0.1, 0.15) is 24.3 Å². The maximum Gasteiger partial charge on any atom is 0.303 e. The quantitative estimate of drug-likeness (QED) is 0.803. The molecule has 0 saturated carbocycles. The minimum Gasteiger partial charge on any atom is -0.481 e. The Morgan fingerprint density at radius 2 is 2.19 bits per heavy atom. The lowest BCUT2D eigenvalue weighted by molar-refractivity contribution is -0.140. The number of amides is 1. The molecule has 6 nitrogen and oxygen atoms in total. The average molecular weight is 226 g/mol. The molecule has 0 spiro atoms. The van der Waals surface area contributed by atoms with Gasteiger partial charge in [0.1, 0.15) is 11.5 Å². The third kappa shape index (κ3) is 3.72. The van der Waals surface area contributed by atoms with Crippen molar-refractivity contribution in [1.29, 1.82) is 0 Å². The minimum atomic E-state index is -0.973. The molecule has 0 atom stereocenters. The first-order valence-corrected chi connectivity index (χ1v) is 4.87. The largest absolute Gasteiger partial charge is 0.481 e. The molecule has 1 rings (SSSR count). The summed E-state index contributed by atoms with van der Waals surface area (Å²) in [5, 5.41) is 12.2. The van der Waals surface area contributed by atoms with Gasteiger partial charge in [0, 0.05) is 19.5 Å². The van der Waals surface area contributed by atoms with Crippen molar-refractivity contribution in [2.24, 2.45) is 0 Å². The van der Waals surface area contributed by atoms with E-state index in [9.17, 15) is 9.59 Å². The van der Waals surface area contributed by atoms with Crippen molar-refractivity contribution >= 4 is 11.9 Å². The Morgan fingerprint density at radius 1 is 1.50 bits per heavy atom. The molecule has 6 heteroatoms. The van der Waals surface area contributed by atoms with E-state index in [1.165, 1.54) is 4.90 Å². The van der Waals surface area contributed by atoms with Gasteiger partial charge in [0.15, 0.2) is 0 Å². The van der Waals surface area contributed by atoms with E-state index in [1.54, 1.807) is 20.0 Å². The Kier molecular flexibility index (Phi) is 4.04. The van der Waals surface area contributed by atoms with Crippen LogP contribution in [-0.4, -0.2) is 34.1 Å². The fourth-order valence-electron chi connectivity index (χ4n) is 1.23. The van der Waals surface area contributed by atoms with Crippen molar-refractivity contribution in [2.45, 2.75) is 26.3 Å². The van der Waals surface area contributed by atoms with Crippen molar-refractivity contribution in [3.63, 3.8) is 0 Å². The van der Waals surface area contributed by atoms with Crippen molar-refractivity contribution in [3.8, 4) is 0 Å². The molecule has 0 aromatic carbocycles. The molecule has 0 bridgehead atoms. The van der Waals surface area contributed by atoms with Gasteiger partial charge in [0.05, 0.1) is 13.0 Å². The van der Waals surface area contributed by atoms with Crippen LogP contribution in [0.15, 0.2) is 10.6 Å². The highest BCUT2D eigenvalue weighted by Gasteiger charge is 2.12. The van der Waals surface area contributed by atoms with Crippen LogP contribution in [0.2, 0.25) is 0 Å². The fraction of sp³-hybridized carbons (Fsp3) is 0.500. The monoisotopic (exact) mass is 226 g/mol. The van der Waals surface area contributed by atoms with Gasteiger partial charge < -0.3 is 14.5 Å². The second-order valence-electron chi connectivity index (χ2n) is 3.57. The number of carboxylic acid groups (broad SMARTS) is 1. The van der Waals surface area contributed by atoms with Crippen molar-refractivity contribution < 1.29 is 19.2 Å². The fourth-order valence-corrected chi connectivity index (χ4v) is 1.23. The highest BCUT2D eigenvalue weighted by atomic mass is 16.5. The molecule has 0 saturated heterocycles. The molecule has 0 aliphatic heterocycles. The number of nitrogens with zero attached hydrogens (tertiary/aromatic N) is 2. The molecule has 88 valence electrons. The molecule has 1 heterocycles. The third-order valence-electron chi connectivity index (χ3n) is 2.05. The van der Waals surface area contributed by atoms with Gasteiger partial charge in [-0.1, -0.05) is 5.16 Å². The summed E-state index contributed by atoms with van der Waals surface area (Å²) < 4.78 is 4.86. The summed E-state index contributed by atoms with van der Waals surface area (Å²) in [7, 11) is 1.61. The molecule has 0 unspecified atom stereocenters. The van der Waals surface area contributed by atoms with Crippen LogP contribution >= 0.6 is 0 Å². The molecule has 16 heavy (non-hydrogen) atoms. The zero-order valence-electron chi connectivity index (χ0n) is 9.27. The lowest BCUT2D eigenvalue weighted by atomic mass is 10.2. The van der Waals surface area contributed by atoms with Crippen LogP contribution in [-0.2, 0) is 16.1 Å². The number of aryl methyl sites for hydroxylation is 1. The molecule has 1 N–H and O–H groups in total. The summed E-state index contributed by atoms with van der Waals surface area (Å²) in [4.78, 5) is 23.2. The Bertz CT molecular complexity index is 386. The molecule has 1 aromatic heterocycles. The predicted octanol–water partition coefficient (Wildman–Crippen LogP) is 0.806. The topological polar surface area (TPSA) is 83.6 Å². The molecule has 0 radical (unpaired) electrons. The Morgan fingerprint density at radius 3 is 2.69 bits per heavy atom. The number of carboxylic acids is 1. The lowest BCUT2D eigenvalue weighted by Crippen LogP contribution is -2.26. The van der Waals surface area contributed by atoms with E-state index >= 15 is 0 Å². The van der Waals surface area contributed by atoms with Crippen LogP contribution < -0.4 is 0 Å². The molecular weight excluding hydrogens is 212 g/mol. The highest BCUT2D eigenvalue weighted by molar-refractivity contribution is 5.80. The molecule has 0 aliphatic rings. The van der Waals surface area contributed by atoms with Crippen LogP contribution in [0, 0.1) is 6.92 Å². The molecule has 0 aliphatic carbocycles. The second kappa shape index (κ2) is 5.29. The van der Waals surface area contributed by atoms with E-state index in [4.69, 9.17) is 9.63 Å². The number of aromatic nitrogens is 1. The summed E-state index contributed by atoms with van der Waals surface area (Å²) in [6, 6.07) is 1.74. The van der Waals surface area contributed by atoms with Crippen LogP contribution in [0.3, 0.4) is 0 Å². The maximum atomic E-state index is 11.5. The number of hydrogen-bond acceptors (Lipinski definition) is 4. The molecular formula is C10H14N2O4. The summed E-state index contributed by atoms with van der Waals surface area (Å²) >= 11 is 0. The van der Waals surface area contributed by atoms with E-state index in [0.717, 1.165) is 0 Å². The lowest BCUT2D eigenvalue weighted by Gasteiger charge is -2.14. The maximum absolute atomic E-state index is 11.5.